The summed E-state index contributed by atoms with van der Waals surface area (Å²) in [7, 11) is 0. The fourth-order valence-corrected chi connectivity index (χ4v) is 1.72. The number of nitrogens with zero attached hydrogens (tertiary/aromatic N) is 3. The van der Waals surface area contributed by atoms with Gasteiger partial charge >= 0.3 is 0 Å². The molecule has 0 unspecified atom stereocenters. The Morgan fingerprint density at radius 3 is 2.56 bits per heavy atom. The molecule has 0 radical (unpaired) electrons. The van der Waals surface area contributed by atoms with Gasteiger partial charge in [0.25, 0.3) is 0 Å². The number of nitriles is 1. The van der Waals surface area contributed by atoms with Crippen molar-refractivity contribution in [2.45, 2.75) is 26.2 Å². The van der Waals surface area contributed by atoms with Gasteiger partial charge in [0.15, 0.2) is 0 Å². The van der Waals surface area contributed by atoms with Crippen molar-refractivity contribution in [3.63, 3.8) is 0 Å². The lowest BCUT2D eigenvalue weighted by Gasteiger charge is -2.14. The minimum atomic E-state index is -0.668. The van der Waals surface area contributed by atoms with Gasteiger partial charge in [-0.2, -0.15) is 5.26 Å². The number of rotatable bonds is 2. The van der Waals surface area contributed by atoms with E-state index in [4.69, 9.17) is 5.26 Å². The van der Waals surface area contributed by atoms with Gasteiger partial charge in [0.1, 0.15) is 11.2 Å². The molecule has 0 bridgehead atoms. The van der Waals surface area contributed by atoms with Gasteiger partial charge in [-0.1, -0.05) is 24.3 Å². The molecule has 1 aromatic heterocycles. The number of hydrogen-bond acceptors (Lipinski definition) is 3. The van der Waals surface area contributed by atoms with Gasteiger partial charge in [-0.3, -0.25) is 0 Å². The van der Waals surface area contributed by atoms with Crippen LogP contribution in [0.1, 0.15) is 25.2 Å². The fourth-order valence-electron chi connectivity index (χ4n) is 1.72. The van der Waals surface area contributed by atoms with Crippen molar-refractivity contribution in [1.82, 2.24) is 9.97 Å². The first-order valence-electron chi connectivity index (χ1n) is 5.85. The Hall–Kier alpha value is -2.21. The van der Waals surface area contributed by atoms with E-state index >= 15 is 0 Å². The SMILES string of the molecule is Cc1ccccc1-c1ccnc(C(C)(C)C#N)n1. The smallest absolute Gasteiger partial charge is 0.148 e. The van der Waals surface area contributed by atoms with Crippen LogP contribution in [0.15, 0.2) is 36.5 Å². The highest BCUT2D eigenvalue weighted by Gasteiger charge is 2.23. The molecular formula is C15H15N3. The van der Waals surface area contributed by atoms with E-state index < -0.39 is 5.41 Å². The maximum atomic E-state index is 9.13. The lowest BCUT2D eigenvalue weighted by atomic mass is 9.94. The molecule has 1 aromatic carbocycles. The molecule has 0 spiro atoms. The van der Waals surface area contributed by atoms with E-state index in [9.17, 15) is 0 Å². The van der Waals surface area contributed by atoms with Crippen LogP contribution in [0.2, 0.25) is 0 Å². The molecule has 0 saturated heterocycles. The second kappa shape index (κ2) is 4.58. The van der Waals surface area contributed by atoms with Crippen molar-refractivity contribution < 1.29 is 0 Å². The third-order valence-electron chi connectivity index (χ3n) is 2.92. The van der Waals surface area contributed by atoms with Crippen LogP contribution < -0.4 is 0 Å². The lowest BCUT2D eigenvalue weighted by Crippen LogP contribution is -2.18. The van der Waals surface area contributed by atoms with Gasteiger partial charge in [-0.25, -0.2) is 9.97 Å². The second-order valence-electron chi connectivity index (χ2n) is 4.82. The summed E-state index contributed by atoms with van der Waals surface area (Å²) in [5.41, 5.74) is 2.44. The summed E-state index contributed by atoms with van der Waals surface area (Å²) in [6.45, 7) is 5.69. The minimum absolute atomic E-state index is 0.561. The topological polar surface area (TPSA) is 49.6 Å². The highest BCUT2D eigenvalue weighted by molar-refractivity contribution is 5.63. The average Bonchev–Trinajstić information content (AvgIpc) is 2.39. The first-order chi connectivity index (χ1) is 8.54. The van der Waals surface area contributed by atoms with Crippen LogP contribution in [-0.4, -0.2) is 9.97 Å². The second-order valence-corrected chi connectivity index (χ2v) is 4.82. The monoisotopic (exact) mass is 237 g/mol. The maximum Gasteiger partial charge on any atom is 0.148 e. The molecule has 3 nitrogen and oxygen atoms in total. The molecule has 0 aliphatic heterocycles. The van der Waals surface area contributed by atoms with Gasteiger partial charge in [0, 0.05) is 11.8 Å². The summed E-state index contributed by atoms with van der Waals surface area (Å²) in [5.74, 6) is 0.561. The minimum Gasteiger partial charge on any atom is -0.240 e. The predicted molar refractivity (Wildman–Crippen MR) is 70.8 cm³/mol. The number of hydrogen-bond donors (Lipinski definition) is 0. The van der Waals surface area contributed by atoms with E-state index in [1.807, 2.05) is 51.1 Å². The van der Waals surface area contributed by atoms with Crippen LogP contribution in [0.4, 0.5) is 0 Å². The summed E-state index contributed by atoms with van der Waals surface area (Å²) >= 11 is 0. The van der Waals surface area contributed by atoms with Crippen LogP contribution in [0, 0.1) is 18.3 Å². The predicted octanol–water partition coefficient (Wildman–Crippen LogP) is 3.25. The zero-order valence-electron chi connectivity index (χ0n) is 10.8. The molecule has 1 heterocycles. The molecule has 0 saturated carbocycles. The van der Waals surface area contributed by atoms with Gasteiger partial charge in [0.2, 0.25) is 0 Å². The van der Waals surface area contributed by atoms with Crippen LogP contribution in [-0.2, 0) is 5.41 Å². The molecule has 2 aromatic rings. The maximum absolute atomic E-state index is 9.13. The molecule has 0 aliphatic rings. The molecular weight excluding hydrogens is 222 g/mol. The van der Waals surface area contributed by atoms with E-state index in [1.165, 1.54) is 0 Å². The summed E-state index contributed by atoms with van der Waals surface area (Å²) < 4.78 is 0. The molecule has 0 N–H and O–H groups in total. The van der Waals surface area contributed by atoms with Crippen molar-refractivity contribution in [1.29, 1.82) is 5.26 Å². The third kappa shape index (κ3) is 2.23. The van der Waals surface area contributed by atoms with Gasteiger partial charge in [-0.15, -0.1) is 0 Å². The van der Waals surface area contributed by atoms with Crippen molar-refractivity contribution >= 4 is 0 Å². The Bertz CT molecular complexity index is 609. The molecule has 0 atom stereocenters. The molecule has 0 aliphatic carbocycles. The highest BCUT2D eigenvalue weighted by atomic mass is 14.9. The van der Waals surface area contributed by atoms with Gasteiger partial charge in [-0.05, 0) is 32.4 Å². The molecule has 0 amide bonds. The lowest BCUT2D eigenvalue weighted by molar-refractivity contribution is 0.630. The van der Waals surface area contributed by atoms with Crippen LogP contribution in [0.25, 0.3) is 11.3 Å². The van der Waals surface area contributed by atoms with Crippen LogP contribution >= 0.6 is 0 Å². The molecule has 3 heteroatoms. The zero-order valence-corrected chi connectivity index (χ0v) is 10.8. The Morgan fingerprint density at radius 1 is 1.17 bits per heavy atom. The summed E-state index contributed by atoms with van der Waals surface area (Å²) in [6.07, 6.45) is 1.71. The fraction of sp³-hybridized carbons (Fsp3) is 0.267. The number of aromatic nitrogens is 2. The summed E-state index contributed by atoms with van der Waals surface area (Å²) in [5, 5.41) is 9.13. The first-order valence-corrected chi connectivity index (χ1v) is 5.85. The molecule has 18 heavy (non-hydrogen) atoms. The summed E-state index contributed by atoms with van der Waals surface area (Å²) in [4.78, 5) is 8.72. The van der Waals surface area contributed by atoms with E-state index in [0.29, 0.717) is 5.82 Å². The normalized spacial score (nSPS) is 11.0. The zero-order chi connectivity index (χ0) is 13.2. The van der Waals surface area contributed by atoms with Crippen LogP contribution in [0.5, 0.6) is 0 Å². The van der Waals surface area contributed by atoms with Crippen molar-refractivity contribution in [2.24, 2.45) is 0 Å². The van der Waals surface area contributed by atoms with Crippen molar-refractivity contribution in [3.8, 4) is 17.3 Å². The Kier molecular flexibility index (Phi) is 3.12. The Balaban J connectivity index is 2.53. The number of benzene rings is 1. The van der Waals surface area contributed by atoms with E-state index in [1.54, 1.807) is 6.20 Å². The Morgan fingerprint density at radius 2 is 1.89 bits per heavy atom. The first kappa shape index (κ1) is 12.3. The van der Waals surface area contributed by atoms with E-state index in [-0.39, 0.29) is 0 Å². The molecule has 2 rings (SSSR count). The number of aryl methyl sites for hydroxylation is 1. The van der Waals surface area contributed by atoms with Gasteiger partial charge < -0.3 is 0 Å². The quantitative estimate of drug-likeness (QED) is 0.805. The van der Waals surface area contributed by atoms with E-state index in [2.05, 4.69) is 16.0 Å². The van der Waals surface area contributed by atoms with Crippen molar-refractivity contribution in [2.75, 3.05) is 0 Å². The standard InChI is InChI=1S/C15H15N3/c1-11-6-4-5-7-12(11)13-8-9-17-14(18-13)15(2,3)10-16/h4-9H,1-3H3. The highest BCUT2D eigenvalue weighted by Crippen LogP contribution is 2.24. The molecule has 90 valence electrons. The largest absolute Gasteiger partial charge is 0.240 e. The van der Waals surface area contributed by atoms with E-state index in [0.717, 1.165) is 16.8 Å². The summed E-state index contributed by atoms with van der Waals surface area (Å²) in [6, 6.07) is 12.2. The van der Waals surface area contributed by atoms with Crippen LogP contribution in [0.3, 0.4) is 0 Å². The molecule has 0 fully saturated rings. The Labute approximate surface area is 107 Å². The third-order valence-corrected chi connectivity index (χ3v) is 2.92. The average molecular weight is 237 g/mol. The van der Waals surface area contributed by atoms with Gasteiger partial charge in [0.05, 0.1) is 11.8 Å². The van der Waals surface area contributed by atoms with Crippen molar-refractivity contribution in [3.05, 3.63) is 47.9 Å².